The van der Waals surface area contributed by atoms with Crippen LogP contribution in [0.3, 0.4) is 0 Å². The molecule has 0 radical (unpaired) electrons. The fourth-order valence-electron chi connectivity index (χ4n) is 2.03. The van der Waals surface area contributed by atoms with Gasteiger partial charge in [-0.05, 0) is 41.3 Å². The van der Waals surface area contributed by atoms with E-state index in [9.17, 15) is 9.59 Å². The van der Waals surface area contributed by atoms with Gasteiger partial charge in [0, 0.05) is 15.9 Å². The van der Waals surface area contributed by atoms with Gasteiger partial charge in [-0.3, -0.25) is 9.59 Å². The van der Waals surface area contributed by atoms with E-state index in [2.05, 4.69) is 21.2 Å². The molecule has 1 saturated carbocycles. The summed E-state index contributed by atoms with van der Waals surface area (Å²) >= 11 is 4.67. The van der Waals surface area contributed by atoms with E-state index >= 15 is 0 Å². The van der Waals surface area contributed by atoms with Crippen molar-refractivity contribution in [3.05, 3.63) is 20.8 Å². The van der Waals surface area contributed by atoms with E-state index in [1.54, 1.807) is 6.07 Å². The highest BCUT2D eigenvalue weighted by atomic mass is 79.9. The first-order chi connectivity index (χ1) is 8.06. The van der Waals surface area contributed by atoms with Gasteiger partial charge in [0.05, 0.1) is 10.8 Å². The number of aliphatic carboxylic acids is 1. The maximum absolute atomic E-state index is 11.8. The summed E-state index contributed by atoms with van der Waals surface area (Å²) in [6, 6.07) is 1.76. The molecule has 1 aliphatic rings. The molecule has 17 heavy (non-hydrogen) atoms. The largest absolute Gasteiger partial charge is 0.481 e. The molecular formula is C11H12BrNO3S. The normalized spacial score (nSPS) is 23.6. The Bertz CT molecular complexity index is 446. The molecule has 0 aliphatic heterocycles. The van der Waals surface area contributed by atoms with E-state index in [0.717, 1.165) is 10.9 Å². The Morgan fingerprint density at radius 1 is 1.47 bits per heavy atom. The molecule has 1 aromatic rings. The van der Waals surface area contributed by atoms with Gasteiger partial charge in [-0.25, -0.2) is 0 Å². The molecule has 0 unspecified atom stereocenters. The standard InChI is InChI=1S/C11H12BrNO3S/c12-7-4-9(17-5-7)10(14)13-8-2-1-6(3-8)11(15)16/h4-6,8H,1-3H2,(H,13,14)(H,15,16)/t6-,8+/m1/s1. The Labute approximate surface area is 111 Å². The van der Waals surface area contributed by atoms with Crippen molar-refractivity contribution in [1.82, 2.24) is 5.32 Å². The van der Waals surface area contributed by atoms with Crippen LogP contribution in [0.15, 0.2) is 15.9 Å². The van der Waals surface area contributed by atoms with Crippen molar-refractivity contribution in [3.8, 4) is 0 Å². The van der Waals surface area contributed by atoms with E-state index in [-0.39, 0.29) is 17.9 Å². The van der Waals surface area contributed by atoms with Gasteiger partial charge >= 0.3 is 5.97 Å². The minimum absolute atomic E-state index is 0.00974. The smallest absolute Gasteiger partial charge is 0.306 e. The lowest BCUT2D eigenvalue weighted by atomic mass is 10.1. The van der Waals surface area contributed by atoms with Crippen LogP contribution in [0.1, 0.15) is 28.9 Å². The molecule has 0 aromatic carbocycles. The molecule has 0 spiro atoms. The third-order valence-corrected chi connectivity index (χ3v) is 4.60. The van der Waals surface area contributed by atoms with Crippen molar-refractivity contribution in [1.29, 1.82) is 0 Å². The van der Waals surface area contributed by atoms with Gasteiger partial charge in [0.2, 0.25) is 0 Å². The predicted molar refractivity (Wildman–Crippen MR) is 68.3 cm³/mol. The maximum atomic E-state index is 11.8. The summed E-state index contributed by atoms with van der Waals surface area (Å²) in [7, 11) is 0. The first kappa shape index (κ1) is 12.6. The van der Waals surface area contributed by atoms with Crippen LogP contribution in [0.25, 0.3) is 0 Å². The summed E-state index contributed by atoms with van der Waals surface area (Å²) in [5, 5.41) is 13.6. The number of carbonyl (C=O) groups is 2. The van der Waals surface area contributed by atoms with Crippen molar-refractivity contribution >= 4 is 39.1 Å². The maximum Gasteiger partial charge on any atom is 0.306 e. The fraction of sp³-hybridized carbons (Fsp3) is 0.455. The quantitative estimate of drug-likeness (QED) is 0.900. The van der Waals surface area contributed by atoms with Crippen LogP contribution in [-0.2, 0) is 4.79 Å². The van der Waals surface area contributed by atoms with Crippen LogP contribution in [0.4, 0.5) is 0 Å². The Morgan fingerprint density at radius 3 is 2.76 bits per heavy atom. The summed E-state index contributed by atoms with van der Waals surface area (Å²) in [4.78, 5) is 23.3. The summed E-state index contributed by atoms with van der Waals surface area (Å²) < 4.78 is 0.891. The third-order valence-electron chi connectivity index (χ3n) is 2.91. The van der Waals surface area contributed by atoms with Crippen LogP contribution in [0.2, 0.25) is 0 Å². The Morgan fingerprint density at radius 2 is 2.24 bits per heavy atom. The van der Waals surface area contributed by atoms with E-state index in [1.807, 2.05) is 5.38 Å². The number of hydrogen-bond donors (Lipinski definition) is 2. The second-order valence-electron chi connectivity index (χ2n) is 4.15. The Kier molecular flexibility index (Phi) is 3.83. The monoisotopic (exact) mass is 317 g/mol. The zero-order chi connectivity index (χ0) is 12.4. The van der Waals surface area contributed by atoms with Crippen LogP contribution in [0.5, 0.6) is 0 Å². The van der Waals surface area contributed by atoms with Gasteiger partial charge < -0.3 is 10.4 Å². The van der Waals surface area contributed by atoms with Gasteiger partial charge in [-0.15, -0.1) is 11.3 Å². The van der Waals surface area contributed by atoms with E-state index in [1.165, 1.54) is 11.3 Å². The average molecular weight is 318 g/mol. The highest BCUT2D eigenvalue weighted by Gasteiger charge is 2.30. The summed E-state index contributed by atoms with van der Waals surface area (Å²) in [5.41, 5.74) is 0. The molecule has 92 valence electrons. The number of carboxylic acid groups (broad SMARTS) is 1. The molecule has 1 amide bonds. The number of thiophene rings is 1. The van der Waals surface area contributed by atoms with Gasteiger partial charge in [0.15, 0.2) is 0 Å². The highest BCUT2D eigenvalue weighted by molar-refractivity contribution is 9.10. The molecule has 0 saturated heterocycles. The number of rotatable bonds is 3. The fourth-order valence-corrected chi connectivity index (χ4v) is 3.35. The van der Waals surface area contributed by atoms with Crippen molar-refractivity contribution in [3.63, 3.8) is 0 Å². The van der Waals surface area contributed by atoms with Crippen molar-refractivity contribution in [2.45, 2.75) is 25.3 Å². The van der Waals surface area contributed by atoms with Gasteiger partial charge in [0.1, 0.15) is 0 Å². The number of halogens is 1. The van der Waals surface area contributed by atoms with Gasteiger partial charge in [0.25, 0.3) is 5.91 Å². The lowest BCUT2D eigenvalue weighted by Crippen LogP contribution is -2.32. The second kappa shape index (κ2) is 5.18. The van der Waals surface area contributed by atoms with Crippen LogP contribution in [0, 0.1) is 5.92 Å². The summed E-state index contributed by atoms with van der Waals surface area (Å²) in [6.45, 7) is 0. The van der Waals surface area contributed by atoms with Crippen LogP contribution < -0.4 is 5.32 Å². The predicted octanol–water partition coefficient (Wildman–Crippen LogP) is 2.49. The van der Waals surface area contributed by atoms with Crippen LogP contribution in [-0.4, -0.2) is 23.0 Å². The Hall–Kier alpha value is -0.880. The van der Waals surface area contributed by atoms with Crippen molar-refractivity contribution in [2.24, 2.45) is 5.92 Å². The number of nitrogens with one attached hydrogen (secondary N) is 1. The molecule has 1 aliphatic carbocycles. The molecule has 1 aromatic heterocycles. The Balaban J connectivity index is 1.90. The number of amides is 1. The van der Waals surface area contributed by atoms with Crippen LogP contribution >= 0.6 is 27.3 Å². The molecule has 1 fully saturated rings. The zero-order valence-corrected chi connectivity index (χ0v) is 11.4. The SMILES string of the molecule is O=C(N[C@H]1CC[C@@H](C(=O)O)C1)c1cc(Br)cs1. The second-order valence-corrected chi connectivity index (χ2v) is 5.97. The molecule has 6 heteroatoms. The molecule has 2 N–H and O–H groups in total. The van der Waals surface area contributed by atoms with Crippen molar-refractivity contribution in [2.75, 3.05) is 0 Å². The average Bonchev–Trinajstić information content (AvgIpc) is 2.86. The van der Waals surface area contributed by atoms with Gasteiger partial charge in [-0.1, -0.05) is 0 Å². The third kappa shape index (κ3) is 3.07. The number of carboxylic acids is 1. The lowest BCUT2D eigenvalue weighted by Gasteiger charge is -2.11. The molecule has 2 rings (SSSR count). The van der Waals surface area contributed by atoms with Gasteiger partial charge in [-0.2, -0.15) is 0 Å². The number of carbonyl (C=O) groups excluding carboxylic acids is 1. The highest BCUT2D eigenvalue weighted by Crippen LogP contribution is 2.26. The molecule has 1 heterocycles. The lowest BCUT2D eigenvalue weighted by molar-refractivity contribution is -0.141. The van der Waals surface area contributed by atoms with E-state index < -0.39 is 5.97 Å². The van der Waals surface area contributed by atoms with E-state index in [4.69, 9.17) is 5.11 Å². The van der Waals surface area contributed by atoms with Crippen molar-refractivity contribution < 1.29 is 14.7 Å². The minimum Gasteiger partial charge on any atom is -0.481 e. The topological polar surface area (TPSA) is 66.4 Å². The molecular weight excluding hydrogens is 306 g/mol. The summed E-state index contributed by atoms with van der Waals surface area (Å²) in [6.07, 6.45) is 1.93. The molecule has 0 bridgehead atoms. The summed E-state index contributed by atoms with van der Waals surface area (Å²) in [5.74, 6) is -1.19. The molecule has 2 atom stereocenters. The zero-order valence-electron chi connectivity index (χ0n) is 8.98. The first-order valence-electron chi connectivity index (χ1n) is 5.34. The number of hydrogen-bond acceptors (Lipinski definition) is 3. The van der Waals surface area contributed by atoms with E-state index in [0.29, 0.717) is 17.7 Å². The first-order valence-corrected chi connectivity index (χ1v) is 7.01. The minimum atomic E-state index is -0.763. The molecule has 4 nitrogen and oxygen atoms in total.